The van der Waals surface area contributed by atoms with Crippen molar-refractivity contribution in [2.45, 2.75) is 26.7 Å². The SMILES string of the molecule is CCOC(=C=O)CCc1ccc(/C(O)=C2\C(=O)N(C(C)=O)c3cc(F)ccc32)cc1. The number of amides is 2. The lowest BCUT2D eigenvalue weighted by Gasteiger charge is -2.12. The number of benzene rings is 2. The molecule has 1 aliphatic heterocycles. The van der Waals surface area contributed by atoms with Crippen LogP contribution in [0, 0.1) is 5.82 Å². The summed E-state index contributed by atoms with van der Waals surface area (Å²) in [5, 5.41) is 10.8. The van der Waals surface area contributed by atoms with Gasteiger partial charge in [-0.05, 0) is 37.1 Å². The third-order valence-corrected chi connectivity index (χ3v) is 4.74. The summed E-state index contributed by atoms with van der Waals surface area (Å²) < 4.78 is 18.8. The number of nitrogens with zero attached hydrogens (tertiary/aromatic N) is 1. The van der Waals surface area contributed by atoms with E-state index in [-0.39, 0.29) is 28.3 Å². The van der Waals surface area contributed by atoms with Gasteiger partial charge in [-0.3, -0.25) is 9.59 Å². The first-order chi connectivity index (χ1) is 14.4. The molecule has 1 heterocycles. The second kappa shape index (κ2) is 8.76. The molecule has 1 aliphatic rings. The minimum atomic E-state index is -0.706. The number of imide groups is 1. The van der Waals surface area contributed by atoms with Gasteiger partial charge in [-0.2, -0.15) is 0 Å². The van der Waals surface area contributed by atoms with Gasteiger partial charge in [-0.15, -0.1) is 0 Å². The maximum Gasteiger partial charge on any atom is 0.269 e. The van der Waals surface area contributed by atoms with E-state index in [9.17, 15) is 23.9 Å². The van der Waals surface area contributed by atoms with Crippen LogP contribution in [0.3, 0.4) is 0 Å². The molecule has 0 radical (unpaired) electrons. The van der Waals surface area contributed by atoms with Gasteiger partial charge in [0.05, 0.1) is 17.9 Å². The number of aryl methyl sites for hydroxylation is 1. The van der Waals surface area contributed by atoms with Crippen molar-refractivity contribution in [2.24, 2.45) is 0 Å². The molecule has 154 valence electrons. The zero-order chi connectivity index (χ0) is 21.8. The molecule has 0 bridgehead atoms. The molecule has 0 unspecified atom stereocenters. The lowest BCUT2D eigenvalue weighted by atomic mass is 10.0. The maximum atomic E-state index is 13.7. The molecule has 0 aromatic heterocycles. The second-order valence-electron chi connectivity index (χ2n) is 6.70. The van der Waals surface area contributed by atoms with Crippen LogP contribution in [0.25, 0.3) is 11.3 Å². The molecule has 0 fully saturated rings. The van der Waals surface area contributed by atoms with E-state index in [1.165, 1.54) is 19.1 Å². The number of fused-ring (bicyclic) bond motifs is 1. The molecule has 30 heavy (non-hydrogen) atoms. The number of hydrogen-bond acceptors (Lipinski definition) is 5. The molecule has 2 amide bonds. The van der Waals surface area contributed by atoms with Gasteiger partial charge < -0.3 is 9.84 Å². The quantitative estimate of drug-likeness (QED) is 0.445. The molecule has 0 atom stereocenters. The van der Waals surface area contributed by atoms with Crippen molar-refractivity contribution < 1.29 is 28.6 Å². The van der Waals surface area contributed by atoms with E-state index in [4.69, 9.17) is 4.74 Å². The number of carbonyl (C=O) groups is 2. The van der Waals surface area contributed by atoms with Gasteiger partial charge in [-0.25, -0.2) is 14.1 Å². The lowest BCUT2D eigenvalue weighted by Crippen LogP contribution is -2.31. The third-order valence-electron chi connectivity index (χ3n) is 4.74. The average molecular weight is 409 g/mol. The van der Waals surface area contributed by atoms with Gasteiger partial charge in [0.25, 0.3) is 5.91 Å². The molecule has 1 N–H and O–H groups in total. The molecule has 0 aliphatic carbocycles. The Morgan fingerprint density at radius 1 is 1.20 bits per heavy atom. The third kappa shape index (κ3) is 4.02. The number of rotatable bonds is 6. The molecule has 3 rings (SSSR count). The van der Waals surface area contributed by atoms with Crippen molar-refractivity contribution in [1.82, 2.24) is 0 Å². The van der Waals surface area contributed by atoms with Crippen molar-refractivity contribution in [3.63, 3.8) is 0 Å². The summed E-state index contributed by atoms with van der Waals surface area (Å²) in [6.07, 6.45) is 0.941. The van der Waals surface area contributed by atoms with Gasteiger partial charge >= 0.3 is 0 Å². The number of halogens is 1. The van der Waals surface area contributed by atoms with Gasteiger partial charge in [0.1, 0.15) is 11.6 Å². The Hall–Kier alpha value is -3.70. The molecule has 0 spiro atoms. The summed E-state index contributed by atoms with van der Waals surface area (Å²) in [5.74, 6) is -0.148. The number of allylic oxidation sites excluding steroid dienone is 1. The fraction of sp³-hybridized carbons (Fsp3) is 0.217. The lowest BCUT2D eigenvalue weighted by molar-refractivity contribution is -0.122. The summed E-state index contributed by atoms with van der Waals surface area (Å²) in [5.41, 5.74) is 1.61. The van der Waals surface area contributed by atoms with Crippen LogP contribution in [0.5, 0.6) is 0 Å². The number of anilines is 1. The van der Waals surface area contributed by atoms with Gasteiger partial charge in [0, 0.05) is 24.5 Å². The smallest absolute Gasteiger partial charge is 0.269 e. The first-order valence-electron chi connectivity index (χ1n) is 9.41. The maximum absolute atomic E-state index is 13.7. The fourth-order valence-corrected chi connectivity index (χ4v) is 3.34. The van der Waals surface area contributed by atoms with Crippen molar-refractivity contribution in [2.75, 3.05) is 11.5 Å². The predicted molar refractivity (Wildman–Crippen MR) is 110 cm³/mol. The number of carbonyl (C=O) groups excluding carboxylic acids is 3. The summed E-state index contributed by atoms with van der Waals surface area (Å²) in [6, 6.07) is 10.4. The monoisotopic (exact) mass is 409 g/mol. The van der Waals surface area contributed by atoms with Crippen molar-refractivity contribution in [1.29, 1.82) is 0 Å². The van der Waals surface area contributed by atoms with Crippen molar-refractivity contribution in [3.8, 4) is 0 Å². The van der Waals surface area contributed by atoms with E-state index in [1.54, 1.807) is 37.1 Å². The van der Waals surface area contributed by atoms with Gasteiger partial charge in [0.15, 0.2) is 11.7 Å². The predicted octanol–water partition coefficient (Wildman–Crippen LogP) is 3.83. The van der Waals surface area contributed by atoms with Crippen LogP contribution in [0.1, 0.15) is 37.0 Å². The zero-order valence-electron chi connectivity index (χ0n) is 16.6. The van der Waals surface area contributed by atoms with Crippen LogP contribution in [-0.4, -0.2) is 29.5 Å². The van der Waals surface area contributed by atoms with Crippen LogP contribution in [0.15, 0.2) is 48.2 Å². The van der Waals surface area contributed by atoms with Crippen LogP contribution in [0.4, 0.5) is 10.1 Å². The Morgan fingerprint density at radius 3 is 2.50 bits per heavy atom. The zero-order valence-corrected chi connectivity index (χ0v) is 16.6. The topological polar surface area (TPSA) is 83.9 Å². The Bertz CT molecular complexity index is 1080. The number of ether oxygens (including phenoxy) is 1. The highest BCUT2D eigenvalue weighted by Gasteiger charge is 2.38. The van der Waals surface area contributed by atoms with Crippen LogP contribution in [0.2, 0.25) is 0 Å². The minimum absolute atomic E-state index is 0.0597. The summed E-state index contributed by atoms with van der Waals surface area (Å²) in [4.78, 5) is 36.4. The molecule has 0 saturated heterocycles. The first-order valence-corrected chi connectivity index (χ1v) is 9.41. The standard InChI is InChI=1S/C23H20FNO5/c1-3-30-18(13-26)10-6-15-4-7-16(8-5-15)22(28)21-19-11-9-17(24)12-20(19)25(14(2)27)23(21)29/h4-5,7-9,11-12,28H,3,6,10H2,1-2H3/b22-21+. The molecular weight excluding hydrogens is 389 g/mol. The summed E-state index contributed by atoms with van der Waals surface area (Å²) in [7, 11) is 0. The van der Waals surface area contributed by atoms with Gasteiger partial charge in [-0.1, -0.05) is 24.3 Å². The van der Waals surface area contributed by atoms with E-state index < -0.39 is 17.6 Å². The number of aliphatic hydroxyl groups is 1. The second-order valence-corrected chi connectivity index (χ2v) is 6.70. The Kier molecular flexibility index (Phi) is 6.14. The highest BCUT2D eigenvalue weighted by atomic mass is 19.1. The summed E-state index contributed by atoms with van der Waals surface area (Å²) in [6.45, 7) is 3.37. The highest BCUT2D eigenvalue weighted by molar-refractivity contribution is 6.42. The van der Waals surface area contributed by atoms with Crippen molar-refractivity contribution in [3.05, 3.63) is 70.7 Å². The van der Waals surface area contributed by atoms with Crippen LogP contribution >= 0.6 is 0 Å². The minimum Gasteiger partial charge on any atom is -0.506 e. The highest BCUT2D eigenvalue weighted by Crippen LogP contribution is 2.40. The van der Waals surface area contributed by atoms with Gasteiger partial charge in [0.2, 0.25) is 5.91 Å². The number of hydrogen-bond donors (Lipinski definition) is 1. The van der Waals surface area contributed by atoms with Crippen LogP contribution < -0.4 is 4.90 Å². The Labute approximate surface area is 172 Å². The van der Waals surface area contributed by atoms with E-state index in [0.29, 0.717) is 25.0 Å². The Balaban J connectivity index is 1.92. The summed E-state index contributed by atoms with van der Waals surface area (Å²) >= 11 is 0. The Morgan fingerprint density at radius 2 is 1.90 bits per heavy atom. The fourth-order valence-electron chi connectivity index (χ4n) is 3.34. The average Bonchev–Trinajstić information content (AvgIpc) is 3.02. The van der Waals surface area contributed by atoms with E-state index in [0.717, 1.165) is 16.5 Å². The molecule has 6 nitrogen and oxygen atoms in total. The van der Waals surface area contributed by atoms with E-state index >= 15 is 0 Å². The molecule has 2 aromatic rings. The molecular formula is C23H20FNO5. The molecule has 2 aromatic carbocycles. The first kappa shape index (κ1) is 21.0. The van der Waals surface area contributed by atoms with Crippen molar-refractivity contribution >= 4 is 34.8 Å². The van der Waals surface area contributed by atoms with E-state index in [1.807, 2.05) is 0 Å². The molecule has 0 saturated carbocycles. The number of aliphatic hydroxyl groups excluding tert-OH is 1. The van der Waals surface area contributed by atoms with Crippen LogP contribution in [-0.2, 0) is 25.5 Å². The largest absolute Gasteiger partial charge is 0.506 e. The molecule has 7 heteroatoms. The van der Waals surface area contributed by atoms with E-state index in [2.05, 4.69) is 0 Å². The normalized spacial score (nSPS) is 14.2.